The summed E-state index contributed by atoms with van der Waals surface area (Å²) in [6.07, 6.45) is 8.74. The molecular weight excluding hydrogens is 835 g/mol. The number of fused-ring (bicyclic) bond motifs is 3. The van der Waals surface area contributed by atoms with Crippen LogP contribution in [0.2, 0.25) is 19.6 Å². The molecule has 1 N–H and O–H groups in total. The summed E-state index contributed by atoms with van der Waals surface area (Å²) in [5.41, 5.74) is 4.66. The summed E-state index contributed by atoms with van der Waals surface area (Å²) in [7, 11) is -1.51. The van der Waals surface area contributed by atoms with E-state index in [9.17, 15) is 9.90 Å². The topological polar surface area (TPSA) is 59.4 Å². The first-order chi connectivity index (χ1) is 23.6. The predicted molar refractivity (Wildman–Crippen MR) is 221 cm³/mol. The van der Waals surface area contributed by atoms with Crippen molar-refractivity contribution in [3.8, 4) is 22.8 Å². The molecule has 0 fully saturated rings. The van der Waals surface area contributed by atoms with Crippen LogP contribution in [0, 0.1) is 28.2 Å². The third kappa shape index (κ3) is 10.0. The summed E-state index contributed by atoms with van der Waals surface area (Å²) in [5.74, 6) is 2.32. The van der Waals surface area contributed by atoms with Crippen molar-refractivity contribution in [3.05, 3.63) is 71.6 Å². The van der Waals surface area contributed by atoms with Gasteiger partial charge in [-0.3, -0.25) is 9.78 Å². The number of ketones is 1. The van der Waals surface area contributed by atoms with Gasteiger partial charge in [-0.25, -0.2) is 0 Å². The Bertz CT molecular complexity index is 1920. The number of carbonyl (C=O) groups is 1. The van der Waals surface area contributed by atoms with Crippen LogP contribution in [0.25, 0.3) is 32.8 Å². The molecule has 0 amide bonds. The number of allylic oxidation sites excluding steroid dienone is 2. The smallest absolute Gasteiger partial charge is 0.164 e. The summed E-state index contributed by atoms with van der Waals surface area (Å²) >= 11 is 0. The minimum Gasteiger partial charge on any atom is -0.512 e. The Balaban J connectivity index is 0.000000366. The molecule has 4 aromatic rings. The van der Waals surface area contributed by atoms with Gasteiger partial charge in [0.1, 0.15) is 5.75 Å². The molecule has 2 heterocycles. The number of aliphatic hydroxyl groups is 1. The first kappa shape index (κ1) is 43.6. The van der Waals surface area contributed by atoms with Crippen LogP contribution >= 0.6 is 0 Å². The first-order valence-electron chi connectivity index (χ1n) is 19.2. The molecule has 1 aliphatic rings. The van der Waals surface area contributed by atoms with Crippen LogP contribution in [0.15, 0.2) is 54.4 Å². The van der Waals surface area contributed by atoms with E-state index in [-0.39, 0.29) is 53.8 Å². The largest absolute Gasteiger partial charge is 0.512 e. The van der Waals surface area contributed by atoms with E-state index in [1.54, 1.807) is 0 Å². The van der Waals surface area contributed by atoms with Crippen LogP contribution in [0.4, 0.5) is 0 Å². The molecule has 0 atom stereocenters. The van der Waals surface area contributed by atoms with E-state index in [1.165, 1.54) is 33.2 Å². The van der Waals surface area contributed by atoms with E-state index in [4.69, 9.17) is 9.72 Å². The zero-order chi connectivity index (χ0) is 38.1. The predicted octanol–water partition coefficient (Wildman–Crippen LogP) is 12.9. The molecular formula is C46H64IrNO3Si-. The number of pyridine rings is 1. The van der Waals surface area contributed by atoms with Crippen LogP contribution in [0.5, 0.6) is 11.5 Å². The average Bonchev–Trinajstić information content (AvgIpc) is 3.03. The minimum atomic E-state index is -1.51. The van der Waals surface area contributed by atoms with Crippen molar-refractivity contribution in [2.24, 2.45) is 22.2 Å². The fraction of sp³-hybridized carbons (Fsp3) is 0.522. The summed E-state index contributed by atoms with van der Waals surface area (Å²) in [5, 5.41) is 16.0. The van der Waals surface area contributed by atoms with E-state index in [2.05, 4.69) is 104 Å². The Morgan fingerprint density at radius 2 is 1.52 bits per heavy atom. The number of nitrogens with zero attached hydrogens (tertiary/aromatic N) is 1. The molecule has 1 radical (unpaired) electrons. The Kier molecular flexibility index (Phi) is 14.0. The van der Waals surface area contributed by atoms with Gasteiger partial charge in [-0.1, -0.05) is 141 Å². The molecule has 1 aliphatic heterocycles. The van der Waals surface area contributed by atoms with Crippen molar-refractivity contribution in [2.45, 2.75) is 134 Å². The molecule has 0 unspecified atom stereocenters. The fourth-order valence-corrected chi connectivity index (χ4v) is 8.11. The Morgan fingerprint density at radius 1 is 0.904 bits per heavy atom. The number of benzene rings is 3. The molecule has 1 aromatic heterocycles. The molecule has 0 spiro atoms. The summed E-state index contributed by atoms with van der Waals surface area (Å²) in [6.45, 7) is 31.0. The van der Waals surface area contributed by atoms with E-state index >= 15 is 0 Å². The molecule has 0 aliphatic carbocycles. The third-order valence-electron chi connectivity index (χ3n) is 10.6. The van der Waals surface area contributed by atoms with Gasteiger partial charge in [0.25, 0.3) is 0 Å². The Labute approximate surface area is 329 Å². The SMILES string of the molecule is CC(C)(C)Cc1ccc2c(CC(C)(C)C)c3c([c-]c2c1)-c1nccc2cc([Si](C)(C)C)cc(c12)O3.CCC(CC)/C(O)=C/C(=O)C(C)(CC)CC.[Ir]. The normalized spacial score (nSPS) is 13.3. The molecule has 285 valence electrons. The quantitative estimate of drug-likeness (QED) is 0.0657. The fourth-order valence-electron chi connectivity index (χ4n) is 6.95. The number of hydrogen-bond donors (Lipinski definition) is 1. The molecule has 0 bridgehead atoms. The monoisotopic (exact) mass is 899 g/mol. The van der Waals surface area contributed by atoms with Crippen molar-refractivity contribution < 1.29 is 34.7 Å². The van der Waals surface area contributed by atoms with Crippen LogP contribution in [0.1, 0.15) is 113 Å². The number of aliphatic hydroxyl groups excluding tert-OH is 1. The average molecular weight is 899 g/mol. The van der Waals surface area contributed by atoms with Gasteiger partial charge in [0.05, 0.1) is 19.6 Å². The first-order valence-corrected chi connectivity index (χ1v) is 22.7. The molecule has 5 rings (SSSR count). The second-order valence-corrected chi connectivity index (χ2v) is 23.5. The van der Waals surface area contributed by atoms with Gasteiger partial charge in [-0.15, -0.1) is 17.5 Å². The van der Waals surface area contributed by atoms with Gasteiger partial charge in [-0.2, -0.15) is 0 Å². The Hall–Kier alpha value is -2.79. The van der Waals surface area contributed by atoms with Gasteiger partial charge in [-0.05, 0) is 66.9 Å². The molecule has 52 heavy (non-hydrogen) atoms. The van der Waals surface area contributed by atoms with Gasteiger partial charge < -0.3 is 9.84 Å². The van der Waals surface area contributed by atoms with Crippen LogP contribution in [-0.2, 0) is 37.7 Å². The molecule has 0 saturated heterocycles. The Morgan fingerprint density at radius 3 is 2.06 bits per heavy atom. The summed E-state index contributed by atoms with van der Waals surface area (Å²) < 4.78 is 6.83. The van der Waals surface area contributed by atoms with Crippen molar-refractivity contribution in [1.82, 2.24) is 4.98 Å². The molecule has 0 saturated carbocycles. The van der Waals surface area contributed by atoms with E-state index in [0.717, 1.165) is 72.1 Å². The maximum absolute atomic E-state index is 12.0. The standard InChI is InChI=1S/C32H38NOSi.C14H26O2.Ir/c1-31(2,3)18-20-10-11-24-22(14-20)16-25-29-28-21(12-13-33-29)15-23(35(7,8)9)17-27(28)34-30(25)26(24)19-32(4,5)6;1-6-11(7-2)12(15)10-13(16)14(5,8-3)9-4;/h10-15,17H,18-19H2,1-9H3;10-11,15H,6-9H2,1-5H3;/q-1;;/b;12-10-;. The zero-order valence-corrected chi connectivity index (χ0v) is 37.9. The minimum absolute atomic E-state index is 0. The van der Waals surface area contributed by atoms with Gasteiger partial charge in [0, 0.05) is 54.8 Å². The summed E-state index contributed by atoms with van der Waals surface area (Å²) in [6, 6.07) is 17.4. The number of carbonyl (C=O) groups excluding carboxylic acids is 1. The van der Waals surface area contributed by atoms with Crippen molar-refractivity contribution in [1.29, 1.82) is 0 Å². The van der Waals surface area contributed by atoms with Gasteiger partial charge >= 0.3 is 0 Å². The van der Waals surface area contributed by atoms with E-state index < -0.39 is 8.07 Å². The van der Waals surface area contributed by atoms with Crippen LogP contribution in [-0.4, -0.2) is 23.9 Å². The number of hydrogen-bond acceptors (Lipinski definition) is 4. The van der Waals surface area contributed by atoms with Crippen LogP contribution in [0.3, 0.4) is 0 Å². The molecule has 3 aromatic carbocycles. The number of ether oxygens (including phenoxy) is 1. The maximum atomic E-state index is 12.0. The number of rotatable bonds is 10. The zero-order valence-electron chi connectivity index (χ0n) is 34.5. The van der Waals surface area contributed by atoms with E-state index in [0.29, 0.717) is 0 Å². The van der Waals surface area contributed by atoms with Crippen molar-refractivity contribution in [2.75, 3.05) is 0 Å². The van der Waals surface area contributed by atoms with Crippen LogP contribution < -0.4 is 9.92 Å². The number of aromatic nitrogens is 1. The second kappa shape index (κ2) is 16.7. The van der Waals surface area contributed by atoms with Gasteiger partial charge in [0.2, 0.25) is 0 Å². The van der Waals surface area contributed by atoms with Crippen molar-refractivity contribution in [3.63, 3.8) is 0 Å². The van der Waals surface area contributed by atoms with E-state index in [1.807, 2.05) is 40.8 Å². The second-order valence-electron chi connectivity index (χ2n) is 18.5. The molecule has 6 heteroatoms. The van der Waals surface area contributed by atoms with Crippen molar-refractivity contribution >= 4 is 40.6 Å². The maximum Gasteiger partial charge on any atom is 0.164 e. The molecule has 4 nitrogen and oxygen atoms in total. The third-order valence-corrected chi connectivity index (χ3v) is 12.6. The van der Waals surface area contributed by atoms with Gasteiger partial charge in [0.15, 0.2) is 5.78 Å². The summed E-state index contributed by atoms with van der Waals surface area (Å²) in [4.78, 5) is 16.9.